The summed E-state index contributed by atoms with van der Waals surface area (Å²) in [7, 11) is 0. The van der Waals surface area contributed by atoms with Crippen LogP contribution in [0.25, 0.3) is 0 Å². The topological polar surface area (TPSA) is 0 Å². The summed E-state index contributed by atoms with van der Waals surface area (Å²) in [6.07, 6.45) is 7.96. The summed E-state index contributed by atoms with van der Waals surface area (Å²) in [4.78, 5) is 0. The van der Waals surface area contributed by atoms with Crippen molar-refractivity contribution in [1.82, 2.24) is 0 Å². The Morgan fingerprint density at radius 3 is 2.56 bits per heavy atom. The van der Waals surface area contributed by atoms with Crippen molar-refractivity contribution >= 4 is 0 Å². The van der Waals surface area contributed by atoms with E-state index in [1.165, 1.54) is 12.8 Å². The van der Waals surface area contributed by atoms with Crippen molar-refractivity contribution in [3.05, 3.63) is 12.2 Å². The highest BCUT2D eigenvalue weighted by Gasteiger charge is 2.62. The van der Waals surface area contributed by atoms with Crippen LogP contribution >= 0.6 is 0 Å². The van der Waals surface area contributed by atoms with E-state index in [-0.39, 0.29) is 0 Å². The molecule has 3 saturated carbocycles. The molecule has 3 fully saturated rings. The van der Waals surface area contributed by atoms with Crippen molar-refractivity contribution in [2.24, 2.45) is 23.2 Å². The summed E-state index contributed by atoms with van der Waals surface area (Å²) < 4.78 is 0. The molecule has 4 unspecified atom stereocenters. The molecule has 4 atom stereocenters. The summed E-state index contributed by atoms with van der Waals surface area (Å²) in [5, 5.41) is 0. The molecular weight excluding hydrogens is 108 g/mol. The Hall–Kier alpha value is -0.260. The van der Waals surface area contributed by atoms with Gasteiger partial charge in [-0.2, -0.15) is 0 Å². The van der Waals surface area contributed by atoms with Gasteiger partial charge in [-0.05, 0) is 36.0 Å². The van der Waals surface area contributed by atoms with E-state index >= 15 is 0 Å². The molecule has 0 aromatic heterocycles. The molecule has 0 heteroatoms. The Labute approximate surface area is 56.0 Å². The first kappa shape index (κ1) is 4.54. The van der Waals surface area contributed by atoms with Crippen molar-refractivity contribution < 1.29 is 0 Å². The molecule has 0 N–H and O–H groups in total. The lowest BCUT2D eigenvalue weighted by Crippen LogP contribution is -2.38. The highest BCUT2D eigenvalue weighted by Crippen LogP contribution is 2.70. The summed E-state index contributed by atoms with van der Waals surface area (Å²) >= 11 is 0. The molecule has 4 rings (SSSR count). The first-order chi connectivity index (χ1) is 4.32. The third kappa shape index (κ3) is 0.288. The molecule has 0 aromatic carbocycles. The van der Waals surface area contributed by atoms with Crippen molar-refractivity contribution in [1.29, 1.82) is 0 Å². The van der Waals surface area contributed by atoms with Crippen LogP contribution in [0.4, 0.5) is 0 Å². The van der Waals surface area contributed by atoms with E-state index in [1.54, 1.807) is 0 Å². The predicted molar refractivity (Wildman–Crippen MR) is 37.0 cm³/mol. The maximum Gasteiger partial charge on any atom is -0.00810 e. The quantitative estimate of drug-likeness (QED) is 0.430. The second-order valence-electron chi connectivity index (χ2n) is 4.12. The van der Waals surface area contributed by atoms with Crippen LogP contribution in [0.2, 0.25) is 0 Å². The maximum atomic E-state index is 2.49. The largest absolute Gasteiger partial charge is 0.0845 e. The van der Waals surface area contributed by atoms with Crippen molar-refractivity contribution in [3.8, 4) is 0 Å². The Morgan fingerprint density at radius 1 is 1.44 bits per heavy atom. The molecule has 1 spiro atoms. The van der Waals surface area contributed by atoms with E-state index in [0.717, 1.165) is 23.2 Å². The van der Waals surface area contributed by atoms with E-state index in [0.29, 0.717) is 0 Å². The minimum atomic E-state index is 0.731. The van der Waals surface area contributed by atoms with Crippen molar-refractivity contribution in [2.75, 3.05) is 0 Å². The lowest BCUT2D eigenvalue weighted by molar-refractivity contribution is 0.0831. The molecule has 0 saturated heterocycles. The standard InChI is InChI=1S/C9H12/c1-6-8-5-9(6)3-2-7(8)4-9/h2-3,6-8H,4-5H2,1H3. The Bertz CT molecular complexity index is 192. The summed E-state index contributed by atoms with van der Waals surface area (Å²) in [6.45, 7) is 2.43. The minimum Gasteiger partial charge on any atom is -0.0845 e. The number of hydrogen-bond donors (Lipinski definition) is 0. The maximum absolute atomic E-state index is 2.49. The first-order valence-corrected chi connectivity index (χ1v) is 4.01. The fraction of sp³-hybridized carbons (Fsp3) is 0.778. The second kappa shape index (κ2) is 1.00. The fourth-order valence-corrected chi connectivity index (χ4v) is 3.26. The van der Waals surface area contributed by atoms with Gasteiger partial charge >= 0.3 is 0 Å². The van der Waals surface area contributed by atoms with E-state index < -0.39 is 0 Å². The van der Waals surface area contributed by atoms with Crippen molar-refractivity contribution in [2.45, 2.75) is 19.8 Å². The van der Waals surface area contributed by atoms with Crippen LogP contribution in [-0.4, -0.2) is 0 Å². The molecule has 0 aliphatic heterocycles. The van der Waals surface area contributed by atoms with Crippen LogP contribution in [0.5, 0.6) is 0 Å². The Balaban J connectivity index is 2.18. The van der Waals surface area contributed by atoms with Crippen molar-refractivity contribution in [3.63, 3.8) is 0 Å². The Morgan fingerprint density at radius 2 is 2.33 bits per heavy atom. The number of rotatable bonds is 0. The molecule has 9 heavy (non-hydrogen) atoms. The van der Waals surface area contributed by atoms with Gasteiger partial charge in [0.2, 0.25) is 0 Å². The van der Waals surface area contributed by atoms with Gasteiger partial charge in [-0.3, -0.25) is 0 Å². The van der Waals surface area contributed by atoms with E-state index in [2.05, 4.69) is 19.1 Å². The van der Waals surface area contributed by atoms with Crippen LogP contribution in [0.3, 0.4) is 0 Å². The van der Waals surface area contributed by atoms with Gasteiger partial charge in [-0.25, -0.2) is 0 Å². The van der Waals surface area contributed by atoms with Gasteiger partial charge in [0.1, 0.15) is 0 Å². The summed E-state index contributed by atoms with van der Waals surface area (Å²) in [6, 6.07) is 0. The lowest BCUT2D eigenvalue weighted by atomic mass is 9.59. The lowest BCUT2D eigenvalue weighted by Gasteiger charge is -2.46. The molecule has 0 aromatic rings. The molecule has 0 amide bonds. The third-order valence-electron chi connectivity index (χ3n) is 4.01. The second-order valence-corrected chi connectivity index (χ2v) is 4.12. The molecule has 0 radical (unpaired) electrons. The summed E-state index contributed by atoms with van der Waals surface area (Å²) in [5.41, 5.74) is 0.731. The highest BCUT2D eigenvalue weighted by molar-refractivity contribution is 5.28. The van der Waals surface area contributed by atoms with Gasteiger partial charge in [-0.15, -0.1) is 0 Å². The zero-order chi connectivity index (χ0) is 6.06. The summed E-state index contributed by atoms with van der Waals surface area (Å²) in [5.74, 6) is 3.13. The normalized spacial score (nSPS) is 66.6. The van der Waals surface area contributed by atoms with Crippen LogP contribution in [0.15, 0.2) is 12.2 Å². The SMILES string of the molecule is CC1C2CC13C=CC2C3. The van der Waals surface area contributed by atoms with Gasteiger partial charge in [0, 0.05) is 0 Å². The number of hydrogen-bond acceptors (Lipinski definition) is 0. The van der Waals surface area contributed by atoms with Gasteiger partial charge < -0.3 is 0 Å². The van der Waals surface area contributed by atoms with Gasteiger partial charge in [0.05, 0.1) is 0 Å². The van der Waals surface area contributed by atoms with Crippen LogP contribution in [0, 0.1) is 23.2 Å². The Kier molecular flexibility index (Phi) is 0.505. The number of allylic oxidation sites excluding steroid dienone is 2. The average molecular weight is 120 g/mol. The van der Waals surface area contributed by atoms with Crippen LogP contribution in [0.1, 0.15) is 19.8 Å². The highest BCUT2D eigenvalue weighted by atomic mass is 14.7. The van der Waals surface area contributed by atoms with Gasteiger partial charge in [0.25, 0.3) is 0 Å². The smallest absolute Gasteiger partial charge is 0.00810 e. The molecule has 48 valence electrons. The molecule has 4 aliphatic carbocycles. The van der Waals surface area contributed by atoms with Crippen LogP contribution in [-0.2, 0) is 0 Å². The first-order valence-electron chi connectivity index (χ1n) is 4.01. The molecule has 4 aliphatic rings. The zero-order valence-corrected chi connectivity index (χ0v) is 5.80. The van der Waals surface area contributed by atoms with E-state index in [1.807, 2.05) is 0 Å². The molecular formula is C9H12. The third-order valence-corrected chi connectivity index (χ3v) is 4.01. The monoisotopic (exact) mass is 120 g/mol. The molecule has 0 heterocycles. The predicted octanol–water partition coefficient (Wildman–Crippen LogP) is 2.22. The van der Waals surface area contributed by atoms with E-state index in [4.69, 9.17) is 0 Å². The molecule has 0 nitrogen and oxygen atoms in total. The van der Waals surface area contributed by atoms with Gasteiger partial charge in [0.15, 0.2) is 0 Å². The van der Waals surface area contributed by atoms with Gasteiger partial charge in [-0.1, -0.05) is 19.1 Å². The molecule has 3 bridgehead atoms. The zero-order valence-electron chi connectivity index (χ0n) is 5.80. The van der Waals surface area contributed by atoms with E-state index in [9.17, 15) is 0 Å². The fourth-order valence-electron chi connectivity index (χ4n) is 3.26. The average Bonchev–Trinajstić information content (AvgIpc) is 2.47. The van der Waals surface area contributed by atoms with Crippen LogP contribution < -0.4 is 0 Å². The minimum absolute atomic E-state index is 0.731.